The van der Waals surface area contributed by atoms with E-state index in [0.717, 1.165) is 51.3 Å². The summed E-state index contributed by atoms with van der Waals surface area (Å²) in [5.74, 6) is -2.14. The summed E-state index contributed by atoms with van der Waals surface area (Å²) in [6.07, 6.45) is 6.05. The predicted molar refractivity (Wildman–Crippen MR) is 86.4 cm³/mol. The molecule has 0 aromatic heterocycles. The molecule has 2 aliphatic rings. The molecule has 1 aliphatic heterocycles. The number of nitrogens with zero attached hydrogens (tertiary/aromatic N) is 1. The molecule has 1 unspecified atom stereocenters. The van der Waals surface area contributed by atoms with Gasteiger partial charge < -0.3 is 4.74 Å². The van der Waals surface area contributed by atoms with Crippen LogP contribution in [0.25, 0.3) is 0 Å². The fourth-order valence-electron chi connectivity index (χ4n) is 4.14. The van der Waals surface area contributed by atoms with Crippen LogP contribution in [-0.4, -0.2) is 31.9 Å². The first kappa shape index (κ1) is 17.6. The quantitative estimate of drug-likeness (QED) is 0.823. The van der Waals surface area contributed by atoms with Gasteiger partial charge in [-0.3, -0.25) is 0 Å². The van der Waals surface area contributed by atoms with E-state index in [2.05, 4.69) is 0 Å². The number of rotatable bonds is 4. The predicted octanol–water partition coefficient (Wildman–Crippen LogP) is 3.71. The van der Waals surface area contributed by atoms with Gasteiger partial charge in [-0.25, -0.2) is 17.2 Å². The number of hydrogen-bond acceptors (Lipinski definition) is 3. The number of ether oxygens (including phenoxy) is 1. The van der Waals surface area contributed by atoms with Gasteiger partial charge in [-0.15, -0.1) is 0 Å². The van der Waals surface area contributed by atoms with Crippen LogP contribution in [0.1, 0.15) is 45.4 Å². The van der Waals surface area contributed by atoms with Crippen molar-refractivity contribution in [1.29, 1.82) is 0 Å². The molecule has 0 amide bonds. The van der Waals surface area contributed by atoms with Crippen molar-refractivity contribution in [2.75, 3.05) is 13.7 Å². The van der Waals surface area contributed by atoms with Crippen LogP contribution in [0.15, 0.2) is 17.0 Å². The summed E-state index contributed by atoms with van der Waals surface area (Å²) in [5, 5.41) is 0. The van der Waals surface area contributed by atoms with E-state index in [1.807, 2.05) is 6.92 Å². The molecule has 1 saturated carbocycles. The lowest BCUT2D eigenvalue weighted by Crippen LogP contribution is -2.64. The molecule has 3 rings (SSSR count). The fourth-order valence-corrected chi connectivity index (χ4v) is 6.21. The average Bonchev–Trinajstić information content (AvgIpc) is 2.55. The summed E-state index contributed by atoms with van der Waals surface area (Å²) in [5.41, 5.74) is -0.525. The summed E-state index contributed by atoms with van der Waals surface area (Å²) in [6, 6.07) is 1.71. The minimum Gasteiger partial charge on any atom is -0.492 e. The zero-order valence-electron chi connectivity index (χ0n) is 14.0. The molecule has 1 saturated heterocycles. The van der Waals surface area contributed by atoms with Crippen LogP contribution in [0.3, 0.4) is 0 Å². The van der Waals surface area contributed by atoms with Crippen molar-refractivity contribution in [3.8, 4) is 5.75 Å². The molecule has 24 heavy (non-hydrogen) atoms. The van der Waals surface area contributed by atoms with Crippen LogP contribution in [0.4, 0.5) is 8.78 Å². The van der Waals surface area contributed by atoms with E-state index < -0.39 is 37.8 Å². The van der Waals surface area contributed by atoms with Crippen molar-refractivity contribution in [2.24, 2.45) is 5.92 Å². The Morgan fingerprint density at radius 3 is 2.33 bits per heavy atom. The second-order valence-corrected chi connectivity index (χ2v) is 8.71. The van der Waals surface area contributed by atoms with Crippen LogP contribution in [0.5, 0.6) is 5.75 Å². The maximum atomic E-state index is 14.3. The van der Waals surface area contributed by atoms with Crippen LogP contribution in [0.2, 0.25) is 0 Å². The highest BCUT2D eigenvalue weighted by atomic mass is 32.2. The first-order valence-corrected chi connectivity index (χ1v) is 9.81. The number of hydrogen-bond donors (Lipinski definition) is 0. The second kappa shape index (κ2) is 6.26. The van der Waals surface area contributed by atoms with Gasteiger partial charge in [-0.1, -0.05) is 19.3 Å². The maximum Gasteiger partial charge on any atom is 0.250 e. The van der Waals surface area contributed by atoms with Gasteiger partial charge in [-0.05, 0) is 44.2 Å². The Hall–Kier alpha value is -1.21. The summed E-state index contributed by atoms with van der Waals surface area (Å²) in [7, 11) is -3.02. The van der Waals surface area contributed by atoms with E-state index in [9.17, 15) is 17.2 Å². The average molecular weight is 359 g/mol. The third kappa shape index (κ3) is 2.62. The molecule has 2 fully saturated rings. The van der Waals surface area contributed by atoms with Crippen molar-refractivity contribution in [3.05, 3.63) is 23.8 Å². The van der Waals surface area contributed by atoms with E-state index in [4.69, 9.17) is 4.74 Å². The monoisotopic (exact) mass is 359 g/mol. The van der Waals surface area contributed by atoms with Gasteiger partial charge >= 0.3 is 0 Å². The van der Waals surface area contributed by atoms with Crippen molar-refractivity contribution >= 4 is 10.0 Å². The zero-order chi connectivity index (χ0) is 17.5. The van der Waals surface area contributed by atoms with Gasteiger partial charge in [0.05, 0.1) is 7.11 Å². The molecule has 7 heteroatoms. The van der Waals surface area contributed by atoms with Crippen molar-refractivity contribution < 1.29 is 21.9 Å². The molecule has 1 aromatic rings. The molecule has 0 spiro atoms. The first-order chi connectivity index (χ1) is 11.3. The molecule has 1 aromatic carbocycles. The van der Waals surface area contributed by atoms with Crippen molar-refractivity contribution in [1.82, 2.24) is 4.31 Å². The highest BCUT2D eigenvalue weighted by Crippen LogP contribution is 2.48. The highest BCUT2D eigenvalue weighted by Gasteiger charge is 2.53. The van der Waals surface area contributed by atoms with E-state index in [1.54, 1.807) is 0 Å². The Morgan fingerprint density at radius 2 is 1.79 bits per heavy atom. The van der Waals surface area contributed by atoms with Gasteiger partial charge in [0.1, 0.15) is 5.82 Å². The number of sulfonamides is 1. The van der Waals surface area contributed by atoms with Gasteiger partial charge in [0, 0.05) is 12.1 Å². The molecule has 134 valence electrons. The van der Waals surface area contributed by atoms with Crippen LogP contribution in [-0.2, 0) is 10.0 Å². The van der Waals surface area contributed by atoms with Gasteiger partial charge in [0.2, 0.25) is 10.0 Å². The number of halogens is 2. The maximum absolute atomic E-state index is 14.3. The Bertz CT molecular complexity index is 732. The van der Waals surface area contributed by atoms with E-state index in [0.29, 0.717) is 6.54 Å². The molecule has 0 radical (unpaired) electrons. The molecule has 0 bridgehead atoms. The summed E-state index contributed by atoms with van der Waals surface area (Å²) in [4.78, 5) is -0.688. The smallest absolute Gasteiger partial charge is 0.250 e. The largest absolute Gasteiger partial charge is 0.492 e. The summed E-state index contributed by atoms with van der Waals surface area (Å²) < 4.78 is 60.5. The SMILES string of the molecule is COc1c(F)ccc(F)c1S(=O)(=O)N1CCC1(C)C1CCCCC1. The molecule has 4 nitrogen and oxygen atoms in total. The lowest BCUT2D eigenvalue weighted by Gasteiger charge is -2.54. The van der Waals surface area contributed by atoms with Gasteiger partial charge in [0.25, 0.3) is 0 Å². The van der Waals surface area contributed by atoms with Crippen LogP contribution in [0, 0.1) is 17.6 Å². The molecule has 1 heterocycles. The third-order valence-electron chi connectivity index (χ3n) is 5.64. The summed E-state index contributed by atoms with van der Waals surface area (Å²) in [6.45, 7) is 2.25. The normalized spacial score (nSPS) is 26.2. The van der Waals surface area contributed by atoms with Gasteiger partial charge in [0.15, 0.2) is 16.5 Å². The van der Waals surface area contributed by atoms with E-state index >= 15 is 0 Å². The first-order valence-electron chi connectivity index (χ1n) is 8.37. The van der Waals surface area contributed by atoms with E-state index in [1.165, 1.54) is 10.7 Å². The lowest BCUT2D eigenvalue weighted by molar-refractivity contribution is 0.0112. The third-order valence-corrected chi connectivity index (χ3v) is 7.72. The number of benzene rings is 1. The Balaban J connectivity index is 2.01. The topological polar surface area (TPSA) is 46.6 Å². The van der Waals surface area contributed by atoms with Crippen LogP contribution < -0.4 is 4.74 Å². The van der Waals surface area contributed by atoms with Crippen molar-refractivity contribution in [2.45, 2.75) is 55.9 Å². The summed E-state index contributed by atoms with van der Waals surface area (Å²) >= 11 is 0. The molecule has 0 N–H and O–H groups in total. The van der Waals surface area contributed by atoms with Gasteiger partial charge in [-0.2, -0.15) is 4.31 Å². The molecular weight excluding hydrogens is 336 g/mol. The number of methoxy groups -OCH3 is 1. The molecule has 1 atom stereocenters. The fraction of sp³-hybridized carbons (Fsp3) is 0.647. The Labute approximate surface area is 141 Å². The van der Waals surface area contributed by atoms with Crippen LogP contribution >= 0.6 is 0 Å². The second-order valence-electron chi connectivity index (χ2n) is 6.91. The minimum atomic E-state index is -4.16. The Kier molecular flexibility index (Phi) is 4.59. The standard InChI is InChI=1S/C17H23F2NO3S/c1-17(12-6-4-3-5-7-12)10-11-20(17)24(21,22)16-14(19)9-8-13(18)15(16)23-2/h8-9,12H,3-7,10-11H2,1-2H3. The minimum absolute atomic E-state index is 0.261. The molecule has 1 aliphatic carbocycles. The van der Waals surface area contributed by atoms with Crippen molar-refractivity contribution in [3.63, 3.8) is 0 Å². The highest BCUT2D eigenvalue weighted by molar-refractivity contribution is 7.89. The van der Waals surface area contributed by atoms with E-state index in [-0.39, 0.29) is 5.92 Å². The Morgan fingerprint density at radius 1 is 1.17 bits per heavy atom. The lowest BCUT2D eigenvalue weighted by atomic mass is 9.70. The molecular formula is C17H23F2NO3S. The zero-order valence-corrected chi connectivity index (χ0v) is 14.8.